The molecule has 116 valence electrons. The van der Waals surface area contributed by atoms with Gasteiger partial charge in [-0.15, -0.1) is 0 Å². The Balaban J connectivity index is 1.89. The summed E-state index contributed by atoms with van der Waals surface area (Å²) in [5.41, 5.74) is 1.12. The molecule has 2 rings (SSSR count). The molecule has 0 spiro atoms. The van der Waals surface area contributed by atoms with Crippen molar-refractivity contribution < 1.29 is 9.47 Å². The zero-order valence-corrected chi connectivity index (χ0v) is 13.1. The van der Waals surface area contributed by atoms with Crippen molar-refractivity contribution in [1.29, 1.82) is 0 Å². The Morgan fingerprint density at radius 1 is 1.48 bits per heavy atom. The Morgan fingerprint density at radius 2 is 2.29 bits per heavy atom. The molecule has 21 heavy (non-hydrogen) atoms. The molecule has 1 atom stereocenters. The smallest absolute Gasteiger partial charge is 0.193 e. The molecular weight excluding hydrogens is 266 g/mol. The van der Waals surface area contributed by atoms with Gasteiger partial charge < -0.3 is 19.7 Å². The highest BCUT2D eigenvalue weighted by molar-refractivity contribution is 5.79. The maximum absolute atomic E-state index is 5.43. The number of ether oxygens (including phenoxy) is 2. The monoisotopic (exact) mass is 291 g/mol. The summed E-state index contributed by atoms with van der Waals surface area (Å²) in [5.74, 6) is 2.39. The van der Waals surface area contributed by atoms with E-state index in [9.17, 15) is 0 Å². The maximum Gasteiger partial charge on any atom is 0.193 e. The number of hydrogen-bond acceptors (Lipinski definition) is 3. The minimum atomic E-state index is 0.597. The highest BCUT2D eigenvalue weighted by atomic mass is 16.5. The van der Waals surface area contributed by atoms with Gasteiger partial charge in [-0.3, -0.25) is 4.99 Å². The fraction of sp³-hybridized carbons (Fsp3) is 0.562. The van der Waals surface area contributed by atoms with Gasteiger partial charge in [0.25, 0.3) is 0 Å². The molecule has 0 aliphatic carbocycles. The second-order valence-electron chi connectivity index (χ2n) is 5.32. The third-order valence-electron chi connectivity index (χ3n) is 3.76. The van der Waals surface area contributed by atoms with Gasteiger partial charge in [0.1, 0.15) is 5.75 Å². The van der Waals surface area contributed by atoms with Gasteiger partial charge in [0.05, 0.1) is 13.7 Å². The molecular formula is C16H25N3O2. The number of methoxy groups -OCH3 is 1. The molecule has 1 saturated heterocycles. The third-order valence-corrected chi connectivity index (χ3v) is 3.76. The second-order valence-corrected chi connectivity index (χ2v) is 5.32. The van der Waals surface area contributed by atoms with Crippen molar-refractivity contribution >= 4 is 5.96 Å². The van der Waals surface area contributed by atoms with E-state index in [2.05, 4.69) is 28.3 Å². The highest BCUT2D eigenvalue weighted by Crippen LogP contribution is 2.17. The fourth-order valence-corrected chi connectivity index (χ4v) is 2.61. The lowest BCUT2D eigenvalue weighted by atomic mass is 10.1. The number of aliphatic imine (C=N–C) groups is 1. The van der Waals surface area contributed by atoms with Crippen molar-refractivity contribution in [3.8, 4) is 5.75 Å². The molecule has 1 aliphatic rings. The van der Waals surface area contributed by atoms with Crippen LogP contribution in [0, 0.1) is 5.92 Å². The van der Waals surface area contributed by atoms with E-state index in [1.54, 1.807) is 7.11 Å². The number of benzene rings is 1. The van der Waals surface area contributed by atoms with Crippen LogP contribution >= 0.6 is 0 Å². The molecule has 1 unspecified atom stereocenters. The SMILES string of the molecule is CN=C(NCc1ccccc1OC)N(C)CC1CCOC1. The molecule has 0 bridgehead atoms. The molecule has 0 saturated carbocycles. The first kappa shape index (κ1) is 15.6. The lowest BCUT2D eigenvalue weighted by Gasteiger charge is -2.24. The van der Waals surface area contributed by atoms with Crippen LogP contribution in [0.2, 0.25) is 0 Å². The number of para-hydroxylation sites is 1. The fourth-order valence-electron chi connectivity index (χ4n) is 2.61. The largest absolute Gasteiger partial charge is 0.496 e. The average molecular weight is 291 g/mol. The van der Waals surface area contributed by atoms with Gasteiger partial charge in [-0.1, -0.05) is 18.2 Å². The Hall–Kier alpha value is -1.75. The Kier molecular flexibility index (Phi) is 5.87. The first-order valence-electron chi connectivity index (χ1n) is 7.36. The van der Waals surface area contributed by atoms with E-state index in [0.29, 0.717) is 12.5 Å². The first-order valence-corrected chi connectivity index (χ1v) is 7.36. The van der Waals surface area contributed by atoms with Gasteiger partial charge in [0, 0.05) is 45.3 Å². The quantitative estimate of drug-likeness (QED) is 0.663. The summed E-state index contributed by atoms with van der Waals surface area (Å²) in [4.78, 5) is 6.51. The zero-order chi connectivity index (χ0) is 15.1. The second kappa shape index (κ2) is 7.88. The molecule has 0 radical (unpaired) electrons. The molecule has 1 aromatic carbocycles. The zero-order valence-electron chi connectivity index (χ0n) is 13.1. The van der Waals surface area contributed by atoms with Crippen LogP contribution in [-0.2, 0) is 11.3 Å². The maximum atomic E-state index is 5.43. The van der Waals surface area contributed by atoms with E-state index >= 15 is 0 Å². The van der Waals surface area contributed by atoms with Crippen molar-refractivity contribution in [2.45, 2.75) is 13.0 Å². The van der Waals surface area contributed by atoms with E-state index in [4.69, 9.17) is 9.47 Å². The average Bonchev–Trinajstić information content (AvgIpc) is 3.01. The van der Waals surface area contributed by atoms with Crippen molar-refractivity contribution in [1.82, 2.24) is 10.2 Å². The summed E-state index contributed by atoms with van der Waals surface area (Å²) in [6.07, 6.45) is 1.13. The third kappa shape index (κ3) is 4.36. The molecule has 1 N–H and O–H groups in total. The van der Waals surface area contributed by atoms with E-state index < -0.39 is 0 Å². The van der Waals surface area contributed by atoms with Crippen LogP contribution in [0.1, 0.15) is 12.0 Å². The molecule has 1 aliphatic heterocycles. The van der Waals surface area contributed by atoms with Crippen molar-refractivity contribution in [2.24, 2.45) is 10.9 Å². The molecule has 0 aromatic heterocycles. The predicted molar refractivity (Wildman–Crippen MR) is 84.7 cm³/mol. The lowest BCUT2D eigenvalue weighted by molar-refractivity contribution is 0.181. The standard InChI is InChI=1S/C16H25N3O2/c1-17-16(19(2)11-13-8-9-21-12-13)18-10-14-6-4-5-7-15(14)20-3/h4-7,13H,8-12H2,1-3H3,(H,17,18). The van der Waals surface area contributed by atoms with Gasteiger partial charge in [-0.25, -0.2) is 0 Å². The van der Waals surface area contributed by atoms with Crippen LogP contribution in [0.25, 0.3) is 0 Å². The normalized spacial score (nSPS) is 18.6. The molecule has 1 heterocycles. The number of nitrogens with zero attached hydrogens (tertiary/aromatic N) is 2. The Morgan fingerprint density at radius 3 is 2.95 bits per heavy atom. The van der Waals surface area contributed by atoms with Gasteiger partial charge in [0.2, 0.25) is 0 Å². The van der Waals surface area contributed by atoms with Gasteiger partial charge >= 0.3 is 0 Å². The summed E-state index contributed by atoms with van der Waals surface area (Å²) >= 11 is 0. The van der Waals surface area contributed by atoms with Crippen LogP contribution in [0.3, 0.4) is 0 Å². The Labute approximate surface area is 127 Å². The van der Waals surface area contributed by atoms with Crippen LogP contribution in [0.4, 0.5) is 0 Å². The minimum absolute atomic E-state index is 0.597. The molecule has 1 fully saturated rings. The summed E-state index contributed by atoms with van der Waals surface area (Å²) in [5, 5.41) is 3.39. The van der Waals surface area contributed by atoms with Crippen molar-refractivity contribution in [2.75, 3.05) is 41.0 Å². The summed E-state index contributed by atoms with van der Waals surface area (Å²) in [7, 11) is 5.57. The summed E-state index contributed by atoms with van der Waals surface area (Å²) in [6, 6.07) is 8.02. The van der Waals surface area contributed by atoms with Crippen LogP contribution < -0.4 is 10.1 Å². The molecule has 5 nitrogen and oxygen atoms in total. The number of guanidine groups is 1. The molecule has 1 aromatic rings. The Bertz CT molecular complexity index is 470. The minimum Gasteiger partial charge on any atom is -0.496 e. The van der Waals surface area contributed by atoms with Crippen molar-refractivity contribution in [3.63, 3.8) is 0 Å². The van der Waals surface area contributed by atoms with E-state index in [-0.39, 0.29) is 0 Å². The van der Waals surface area contributed by atoms with E-state index in [0.717, 1.165) is 43.5 Å². The summed E-state index contributed by atoms with van der Waals surface area (Å²) in [6.45, 7) is 3.40. The van der Waals surface area contributed by atoms with E-state index in [1.165, 1.54) is 0 Å². The summed E-state index contributed by atoms with van der Waals surface area (Å²) < 4.78 is 10.8. The van der Waals surface area contributed by atoms with Gasteiger partial charge in [-0.2, -0.15) is 0 Å². The highest BCUT2D eigenvalue weighted by Gasteiger charge is 2.19. The molecule has 5 heteroatoms. The first-order chi connectivity index (χ1) is 10.2. The van der Waals surface area contributed by atoms with Gasteiger partial charge in [0.15, 0.2) is 5.96 Å². The lowest BCUT2D eigenvalue weighted by Crippen LogP contribution is -2.41. The van der Waals surface area contributed by atoms with Crippen molar-refractivity contribution in [3.05, 3.63) is 29.8 Å². The van der Waals surface area contributed by atoms with Gasteiger partial charge in [-0.05, 0) is 12.5 Å². The topological polar surface area (TPSA) is 46.1 Å². The number of rotatable bonds is 5. The number of hydrogen-bond donors (Lipinski definition) is 1. The number of nitrogens with one attached hydrogen (secondary N) is 1. The van der Waals surface area contributed by atoms with Crippen LogP contribution in [0.15, 0.2) is 29.3 Å². The van der Waals surface area contributed by atoms with E-state index in [1.807, 2.05) is 25.2 Å². The van der Waals surface area contributed by atoms with Crippen LogP contribution in [-0.4, -0.2) is 51.8 Å². The predicted octanol–water partition coefficient (Wildman–Crippen LogP) is 1.74. The molecule has 0 amide bonds. The van der Waals surface area contributed by atoms with Crippen LogP contribution in [0.5, 0.6) is 5.75 Å².